The summed E-state index contributed by atoms with van der Waals surface area (Å²) in [5.74, 6) is 2.37. The molecule has 0 aliphatic carbocycles. The number of nitrogen functional groups attached to an aromatic ring is 2. The zero-order valence-corrected chi connectivity index (χ0v) is 37.7. The molecule has 0 unspecified atom stereocenters. The Bertz CT molecular complexity index is 1650. The van der Waals surface area contributed by atoms with E-state index in [0.29, 0.717) is 0 Å². The molecule has 0 aromatic heterocycles. The van der Waals surface area contributed by atoms with E-state index in [1.165, 1.54) is 16.7 Å². The van der Waals surface area contributed by atoms with Crippen molar-refractivity contribution in [2.45, 2.75) is 157 Å². The van der Waals surface area contributed by atoms with Gasteiger partial charge in [0.25, 0.3) is 0 Å². The molecule has 0 spiro atoms. The first-order valence-corrected chi connectivity index (χ1v) is 20.4. The molecule has 4 aromatic carbocycles. The molecule has 0 atom stereocenters. The minimum atomic E-state index is -1.89. The number of nitrogens with two attached hydrogens (primary N) is 2. The van der Waals surface area contributed by atoms with Gasteiger partial charge in [-0.15, -0.1) is 0 Å². The molecule has 296 valence electrons. The maximum Gasteiger partial charge on any atom is 0.530 e. The molecule has 0 saturated heterocycles. The summed E-state index contributed by atoms with van der Waals surface area (Å²) in [7, 11) is -1.89. The van der Waals surface area contributed by atoms with Gasteiger partial charge in [-0.05, 0) is 91.6 Å². The molecular formula is C48H71N2O3P. The topological polar surface area (TPSA) is 79.7 Å². The van der Waals surface area contributed by atoms with Crippen LogP contribution in [0.25, 0.3) is 0 Å². The molecule has 0 bridgehead atoms. The van der Waals surface area contributed by atoms with Crippen molar-refractivity contribution in [1.29, 1.82) is 0 Å². The summed E-state index contributed by atoms with van der Waals surface area (Å²) in [6.45, 7) is 40.3. The first-order valence-electron chi connectivity index (χ1n) is 19.3. The SMILES string of the molecule is CC(C)(C)c1ccc(OP(Oc2ccc(C(C)(C)C)cc2C(C)(C)C)Oc2ccc(C(C)(C)C)cc2C(C)(C)C)c(C(C)(C)C)c1.Nc1ccc(N)cc1. The molecule has 0 amide bonds. The molecular weight excluding hydrogens is 684 g/mol. The third-order valence-electron chi connectivity index (χ3n) is 9.42. The monoisotopic (exact) mass is 755 g/mol. The van der Waals surface area contributed by atoms with Gasteiger partial charge in [-0.2, -0.15) is 0 Å². The Morgan fingerprint density at radius 3 is 0.741 bits per heavy atom. The highest BCUT2D eigenvalue weighted by Gasteiger charge is 2.32. The van der Waals surface area contributed by atoms with Gasteiger partial charge in [-0.1, -0.05) is 161 Å². The normalized spacial score (nSPS) is 12.9. The van der Waals surface area contributed by atoms with Gasteiger partial charge in [-0.3, -0.25) is 0 Å². The minimum absolute atomic E-state index is 0.0170. The summed E-state index contributed by atoms with van der Waals surface area (Å²) < 4.78 is 20.7. The van der Waals surface area contributed by atoms with E-state index in [4.69, 9.17) is 25.0 Å². The van der Waals surface area contributed by atoms with Crippen LogP contribution in [0.1, 0.15) is 158 Å². The molecule has 4 aromatic rings. The molecule has 0 aliphatic heterocycles. The molecule has 0 fully saturated rings. The molecule has 0 saturated carbocycles. The van der Waals surface area contributed by atoms with Crippen LogP contribution in [0.3, 0.4) is 0 Å². The number of rotatable bonds is 6. The van der Waals surface area contributed by atoms with Crippen LogP contribution >= 0.6 is 8.60 Å². The van der Waals surface area contributed by atoms with Gasteiger partial charge in [0, 0.05) is 28.1 Å². The van der Waals surface area contributed by atoms with Crippen molar-refractivity contribution < 1.29 is 13.6 Å². The summed E-state index contributed by atoms with van der Waals surface area (Å²) in [5.41, 5.74) is 19.1. The Hall–Kier alpha value is -3.69. The van der Waals surface area contributed by atoms with Crippen molar-refractivity contribution in [3.8, 4) is 17.2 Å². The van der Waals surface area contributed by atoms with Gasteiger partial charge in [0.05, 0.1) is 0 Å². The maximum absolute atomic E-state index is 6.90. The largest absolute Gasteiger partial charge is 0.530 e. The Labute approximate surface area is 330 Å². The van der Waals surface area contributed by atoms with Crippen LogP contribution in [-0.2, 0) is 32.5 Å². The third kappa shape index (κ3) is 12.4. The lowest BCUT2D eigenvalue weighted by atomic mass is 9.80. The van der Waals surface area contributed by atoms with E-state index >= 15 is 0 Å². The van der Waals surface area contributed by atoms with Crippen LogP contribution < -0.4 is 25.0 Å². The smallest absolute Gasteiger partial charge is 0.408 e. The van der Waals surface area contributed by atoms with Gasteiger partial charge in [0.2, 0.25) is 0 Å². The second-order valence-electron chi connectivity index (χ2n) is 20.8. The highest BCUT2D eigenvalue weighted by molar-refractivity contribution is 7.43. The van der Waals surface area contributed by atoms with E-state index in [0.717, 1.165) is 45.3 Å². The Morgan fingerprint density at radius 1 is 0.333 bits per heavy atom. The van der Waals surface area contributed by atoms with Crippen LogP contribution in [0.15, 0.2) is 78.9 Å². The van der Waals surface area contributed by atoms with Gasteiger partial charge < -0.3 is 25.0 Å². The van der Waals surface area contributed by atoms with Crippen molar-refractivity contribution >= 4 is 20.0 Å². The van der Waals surface area contributed by atoms with E-state index in [1.807, 2.05) is 0 Å². The van der Waals surface area contributed by atoms with E-state index in [1.54, 1.807) is 24.3 Å². The summed E-state index contributed by atoms with van der Waals surface area (Å²) in [5, 5.41) is 0. The van der Waals surface area contributed by atoms with Gasteiger partial charge in [-0.25, -0.2) is 0 Å². The number of hydrogen-bond acceptors (Lipinski definition) is 5. The zero-order valence-electron chi connectivity index (χ0n) is 36.8. The first kappa shape index (κ1) is 44.7. The average molecular weight is 755 g/mol. The van der Waals surface area contributed by atoms with Crippen molar-refractivity contribution in [2.24, 2.45) is 0 Å². The Kier molecular flexibility index (Phi) is 13.4. The Morgan fingerprint density at radius 2 is 0.556 bits per heavy atom. The van der Waals surface area contributed by atoms with Crippen LogP contribution in [0.4, 0.5) is 11.4 Å². The predicted octanol–water partition coefficient (Wildman–Crippen LogP) is 14.1. The summed E-state index contributed by atoms with van der Waals surface area (Å²) in [6, 6.07) is 26.8. The van der Waals surface area contributed by atoms with Gasteiger partial charge in [0.15, 0.2) is 0 Å². The van der Waals surface area contributed by atoms with Gasteiger partial charge >= 0.3 is 8.60 Å². The minimum Gasteiger partial charge on any atom is -0.408 e. The van der Waals surface area contributed by atoms with Crippen LogP contribution in [0.2, 0.25) is 0 Å². The second kappa shape index (κ2) is 16.2. The van der Waals surface area contributed by atoms with Crippen molar-refractivity contribution in [3.05, 3.63) is 112 Å². The molecule has 4 N–H and O–H groups in total. The fourth-order valence-corrected chi connectivity index (χ4v) is 6.85. The zero-order chi connectivity index (χ0) is 41.2. The highest BCUT2D eigenvalue weighted by atomic mass is 31.2. The van der Waals surface area contributed by atoms with Crippen LogP contribution in [-0.4, -0.2) is 0 Å². The summed E-state index contributed by atoms with van der Waals surface area (Å²) in [6.07, 6.45) is 0. The molecule has 6 heteroatoms. The third-order valence-corrected chi connectivity index (χ3v) is 10.5. The fourth-order valence-electron chi connectivity index (χ4n) is 5.78. The molecule has 4 rings (SSSR count). The second-order valence-corrected chi connectivity index (χ2v) is 21.8. The summed E-state index contributed by atoms with van der Waals surface area (Å²) >= 11 is 0. The van der Waals surface area contributed by atoms with Crippen LogP contribution in [0.5, 0.6) is 17.2 Å². The first-order chi connectivity index (χ1) is 24.4. The number of benzene rings is 4. The lowest BCUT2D eigenvalue weighted by molar-refractivity contribution is 0.371. The maximum atomic E-state index is 6.90. The quantitative estimate of drug-likeness (QED) is 0.151. The van der Waals surface area contributed by atoms with E-state index < -0.39 is 8.60 Å². The fraction of sp³-hybridized carbons (Fsp3) is 0.500. The highest BCUT2D eigenvalue weighted by Crippen LogP contribution is 2.50. The molecule has 0 heterocycles. The molecule has 5 nitrogen and oxygen atoms in total. The summed E-state index contributed by atoms with van der Waals surface area (Å²) in [4.78, 5) is 0. The van der Waals surface area contributed by atoms with Gasteiger partial charge in [0.1, 0.15) is 17.2 Å². The predicted molar refractivity (Wildman–Crippen MR) is 236 cm³/mol. The number of anilines is 2. The van der Waals surface area contributed by atoms with Crippen molar-refractivity contribution in [3.63, 3.8) is 0 Å². The molecule has 0 aliphatic rings. The van der Waals surface area contributed by atoms with E-state index in [2.05, 4.69) is 179 Å². The van der Waals surface area contributed by atoms with Crippen molar-refractivity contribution in [2.75, 3.05) is 11.5 Å². The molecule has 0 radical (unpaired) electrons. The molecule has 54 heavy (non-hydrogen) atoms. The van der Waals surface area contributed by atoms with E-state index in [9.17, 15) is 0 Å². The Balaban J connectivity index is 0.000000864. The van der Waals surface area contributed by atoms with E-state index in [-0.39, 0.29) is 32.5 Å². The van der Waals surface area contributed by atoms with Crippen LogP contribution in [0, 0.1) is 0 Å². The standard InChI is InChI=1S/C42H63O3P.C6H8N2/c1-37(2,3)28-19-22-34(31(25-28)40(10,11)12)43-46(44-35-23-20-29(38(4,5)6)26-32(35)41(13,14)15)45-36-24-21-30(39(7,8)9)27-33(36)42(16,17)18;7-5-1-2-6(8)4-3-5/h19-27H,1-18H3;1-4H,7-8H2. The number of hydrogen-bond donors (Lipinski definition) is 2. The van der Waals surface area contributed by atoms with Crippen molar-refractivity contribution in [1.82, 2.24) is 0 Å². The lowest BCUT2D eigenvalue weighted by Gasteiger charge is -2.31. The lowest BCUT2D eigenvalue weighted by Crippen LogP contribution is -2.20. The average Bonchev–Trinajstić information content (AvgIpc) is 3.00.